The molecule has 0 aliphatic rings. The van der Waals surface area contributed by atoms with Gasteiger partial charge in [0.15, 0.2) is 0 Å². The Labute approximate surface area is 194 Å². The van der Waals surface area contributed by atoms with Gasteiger partial charge in [0.25, 0.3) is 15.9 Å². The molecular formula is C25H28FN3O3S. The van der Waals surface area contributed by atoms with Crippen LogP contribution in [-0.4, -0.2) is 46.9 Å². The fourth-order valence-electron chi connectivity index (χ4n) is 3.45. The van der Waals surface area contributed by atoms with E-state index >= 15 is 0 Å². The quantitative estimate of drug-likeness (QED) is 0.542. The molecule has 174 valence electrons. The van der Waals surface area contributed by atoms with Crippen LogP contribution in [-0.2, 0) is 10.0 Å². The smallest absolute Gasteiger partial charge is 0.264 e. The first kappa shape index (κ1) is 24.4. The average Bonchev–Trinajstić information content (AvgIpc) is 2.79. The van der Waals surface area contributed by atoms with Crippen molar-refractivity contribution in [1.82, 2.24) is 10.2 Å². The van der Waals surface area contributed by atoms with Gasteiger partial charge in [-0.1, -0.05) is 35.9 Å². The summed E-state index contributed by atoms with van der Waals surface area (Å²) in [5, 5.41) is 2.83. The number of amides is 1. The van der Waals surface area contributed by atoms with E-state index in [-0.39, 0.29) is 28.9 Å². The second kappa shape index (κ2) is 10.1. The highest BCUT2D eigenvalue weighted by Crippen LogP contribution is 2.23. The third kappa shape index (κ3) is 5.77. The molecule has 1 atom stereocenters. The summed E-state index contributed by atoms with van der Waals surface area (Å²) < 4.78 is 41.1. The predicted molar refractivity (Wildman–Crippen MR) is 128 cm³/mol. The van der Waals surface area contributed by atoms with Gasteiger partial charge in [0.2, 0.25) is 0 Å². The van der Waals surface area contributed by atoms with Gasteiger partial charge in [0, 0.05) is 19.2 Å². The van der Waals surface area contributed by atoms with Crippen LogP contribution in [0.4, 0.5) is 10.1 Å². The lowest BCUT2D eigenvalue weighted by Gasteiger charge is -2.25. The molecule has 0 saturated heterocycles. The molecule has 3 aromatic rings. The van der Waals surface area contributed by atoms with Gasteiger partial charge in [-0.2, -0.15) is 0 Å². The van der Waals surface area contributed by atoms with Gasteiger partial charge in [-0.05, 0) is 69.0 Å². The molecule has 0 saturated carbocycles. The van der Waals surface area contributed by atoms with Crippen molar-refractivity contribution >= 4 is 21.6 Å². The molecule has 1 N–H and O–H groups in total. The van der Waals surface area contributed by atoms with Crippen LogP contribution in [0.25, 0.3) is 0 Å². The summed E-state index contributed by atoms with van der Waals surface area (Å²) in [6, 6.07) is 19.1. The first-order valence-electron chi connectivity index (χ1n) is 10.5. The van der Waals surface area contributed by atoms with Gasteiger partial charge in [-0.25, -0.2) is 12.8 Å². The third-order valence-electron chi connectivity index (χ3n) is 5.46. The van der Waals surface area contributed by atoms with Crippen molar-refractivity contribution in [3.63, 3.8) is 0 Å². The molecule has 0 heterocycles. The Hall–Kier alpha value is -3.23. The topological polar surface area (TPSA) is 69.7 Å². The molecule has 6 nitrogen and oxygen atoms in total. The summed E-state index contributed by atoms with van der Waals surface area (Å²) >= 11 is 0. The predicted octanol–water partition coefficient (Wildman–Crippen LogP) is 3.99. The van der Waals surface area contributed by atoms with Gasteiger partial charge in [0.05, 0.1) is 16.6 Å². The molecule has 8 heteroatoms. The summed E-state index contributed by atoms with van der Waals surface area (Å²) in [7, 11) is 1.32. The average molecular weight is 470 g/mol. The van der Waals surface area contributed by atoms with Crippen LogP contribution in [0.1, 0.15) is 27.5 Å². The van der Waals surface area contributed by atoms with Crippen molar-refractivity contribution in [2.45, 2.75) is 17.9 Å². The molecule has 0 aliphatic heterocycles. The van der Waals surface area contributed by atoms with Gasteiger partial charge < -0.3 is 10.2 Å². The van der Waals surface area contributed by atoms with E-state index in [9.17, 15) is 17.6 Å². The molecule has 0 fully saturated rings. The first-order chi connectivity index (χ1) is 15.6. The summed E-state index contributed by atoms with van der Waals surface area (Å²) in [6.45, 7) is 2.16. The molecule has 1 amide bonds. The van der Waals surface area contributed by atoms with E-state index in [2.05, 4.69) is 5.32 Å². The number of hydrogen-bond donors (Lipinski definition) is 1. The van der Waals surface area contributed by atoms with E-state index in [0.717, 1.165) is 11.1 Å². The van der Waals surface area contributed by atoms with Crippen molar-refractivity contribution in [2.75, 3.05) is 32.0 Å². The number of carbonyl (C=O) groups is 1. The van der Waals surface area contributed by atoms with Crippen molar-refractivity contribution in [1.29, 1.82) is 0 Å². The zero-order valence-electron chi connectivity index (χ0n) is 19.1. The second-order valence-electron chi connectivity index (χ2n) is 8.08. The van der Waals surface area contributed by atoms with Gasteiger partial charge in [-0.3, -0.25) is 9.10 Å². The molecule has 0 radical (unpaired) electrons. The number of anilines is 1. The Morgan fingerprint density at radius 1 is 0.970 bits per heavy atom. The Morgan fingerprint density at radius 2 is 1.64 bits per heavy atom. The highest BCUT2D eigenvalue weighted by molar-refractivity contribution is 7.92. The van der Waals surface area contributed by atoms with E-state index in [1.807, 2.05) is 38.1 Å². The van der Waals surface area contributed by atoms with Gasteiger partial charge >= 0.3 is 0 Å². The lowest BCUT2D eigenvalue weighted by atomic mass is 10.1. The third-order valence-corrected chi connectivity index (χ3v) is 7.25. The normalized spacial score (nSPS) is 12.4. The summed E-state index contributed by atoms with van der Waals surface area (Å²) in [5.41, 5.74) is 2.51. The molecule has 0 spiro atoms. The maximum atomic E-state index is 13.7. The van der Waals surface area contributed by atoms with Crippen LogP contribution in [0.2, 0.25) is 0 Å². The number of nitrogens with one attached hydrogen (secondary N) is 1. The Kier molecular flexibility index (Phi) is 7.50. The fourth-order valence-corrected chi connectivity index (χ4v) is 4.70. The van der Waals surface area contributed by atoms with Crippen LogP contribution in [0.3, 0.4) is 0 Å². The van der Waals surface area contributed by atoms with Gasteiger partial charge in [-0.15, -0.1) is 0 Å². The largest absolute Gasteiger partial charge is 0.350 e. The fraction of sp³-hybridized carbons (Fsp3) is 0.240. The number of likely N-dealkylation sites (N-methyl/N-ethyl adjacent to an activating group) is 1. The molecule has 3 aromatic carbocycles. The Balaban J connectivity index is 1.78. The van der Waals surface area contributed by atoms with Crippen LogP contribution in [0.15, 0.2) is 77.7 Å². The second-order valence-corrected chi connectivity index (χ2v) is 10.0. The van der Waals surface area contributed by atoms with Crippen molar-refractivity contribution in [2.24, 2.45) is 0 Å². The summed E-state index contributed by atoms with van der Waals surface area (Å²) in [4.78, 5) is 14.7. The van der Waals surface area contributed by atoms with Crippen LogP contribution in [0, 0.1) is 12.7 Å². The lowest BCUT2D eigenvalue weighted by Crippen LogP contribution is -2.34. The van der Waals surface area contributed by atoms with E-state index in [0.29, 0.717) is 5.69 Å². The number of carbonyl (C=O) groups excluding carboxylic acids is 1. The molecule has 0 aliphatic carbocycles. The van der Waals surface area contributed by atoms with Crippen molar-refractivity contribution in [3.05, 3.63) is 95.3 Å². The zero-order valence-corrected chi connectivity index (χ0v) is 19.9. The number of hydrogen-bond acceptors (Lipinski definition) is 4. The van der Waals surface area contributed by atoms with E-state index in [1.165, 1.54) is 35.6 Å². The van der Waals surface area contributed by atoms with Crippen LogP contribution >= 0.6 is 0 Å². The number of nitrogens with zero attached hydrogens (tertiary/aromatic N) is 2. The minimum Gasteiger partial charge on any atom is -0.350 e. The monoisotopic (exact) mass is 469 g/mol. The standard InChI is InChI=1S/C25H28FN3O3S/c1-18-11-13-22(14-12-18)29(4)33(31,32)23-10-6-8-20(16-23)25(30)27-17-24(28(2)3)19-7-5-9-21(26)15-19/h5-16,24H,17H2,1-4H3,(H,27,30). The molecule has 1 unspecified atom stereocenters. The highest BCUT2D eigenvalue weighted by atomic mass is 32.2. The Bertz CT molecular complexity index is 1230. The minimum atomic E-state index is -3.85. The van der Waals surface area contributed by atoms with Crippen LogP contribution < -0.4 is 9.62 Å². The maximum absolute atomic E-state index is 13.7. The highest BCUT2D eigenvalue weighted by Gasteiger charge is 2.23. The summed E-state index contributed by atoms with van der Waals surface area (Å²) in [6.07, 6.45) is 0. The number of rotatable bonds is 8. The number of halogens is 1. The van der Waals surface area contributed by atoms with Crippen molar-refractivity contribution < 1.29 is 17.6 Å². The Morgan fingerprint density at radius 3 is 2.27 bits per heavy atom. The number of sulfonamides is 1. The maximum Gasteiger partial charge on any atom is 0.264 e. The van der Waals surface area contributed by atoms with E-state index < -0.39 is 15.9 Å². The molecule has 33 heavy (non-hydrogen) atoms. The molecular weight excluding hydrogens is 441 g/mol. The molecule has 3 rings (SSSR count). The van der Waals surface area contributed by atoms with Crippen LogP contribution in [0.5, 0.6) is 0 Å². The van der Waals surface area contributed by atoms with Crippen molar-refractivity contribution in [3.8, 4) is 0 Å². The lowest BCUT2D eigenvalue weighted by molar-refractivity contribution is 0.0941. The SMILES string of the molecule is Cc1ccc(N(C)S(=O)(=O)c2cccc(C(=O)NCC(c3cccc(F)c3)N(C)C)c2)cc1. The zero-order chi connectivity index (χ0) is 24.2. The first-order valence-corrected chi connectivity index (χ1v) is 11.9. The van der Waals surface area contributed by atoms with Gasteiger partial charge in [0.1, 0.15) is 5.82 Å². The molecule has 0 bridgehead atoms. The number of aryl methyl sites for hydroxylation is 1. The van der Waals surface area contributed by atoms with E-state index in [4.69, 9.17) is 0 Å². The minimum absolute atomic E-state index is 0.0208. The van der Waals surface area contributed by atoms with E-state index in [1.54, 1.807) is 36.4 Å². The molecule has 0 aromatic heterocycles. The number of benzene rings is 3. The summed E-state index contributed by atoms with van der Waals surface area (Å²) in [5.74, 6) is -0.755.